The predicted octanol–water partition coefficient (Wildman–Crippen LogP) is 1.48. The molecule has 0 saturated heterocycles. The molecule has 0 aromatic carbocycles. The van der Waals surface area contributed by atoms with Crippen LogP contribution in [0.1, 0.15) is 31.7 Å². The van der Waals surface area contributed by atoms with E-state index in [0.717, 1.165) is 31.0 Å². The molecule has 1 aromatic heterocycles. The van der Waals surface area contributed by atoms with Crippen LogP contribution in [0.3, 0.4) is 0 Å². The summed E-state index contributed by atoms with van der Waals surface area (Å²) < 4.78 is 5.75. The van der Waals surface area contributed by atoms with Gasteiger partial charge in [0.25, 0.3) is 0 Å². The molecule has 2 N–H and O–H groups in total. The summed E-state index contributed by atoms with van der Waals surface area (Å²) in [6, 6.07) is 0.763. The maximum absolute atomic E-state index is 5.86. The van der Waals surface area contributed by atoms with Crippen LogP contribution in [-0.4, -0.2) is 41.1 Å². The highest BCUT2D eigenvalue weighted by molar-refractivity contribution is 5.44. The van der Waals surface area contributed by atoms with Gasteiger partial charge < -0.3 is 15.4 Å². The molecule has 1 fully saturated rings. The molecule has 5 heteroatoms. The number of rotatable bonds is 7. The zero-order valence-electron chi connectivity index (χ0n) is 11.2. The van der Waals surface area contributed by atoms with Crippen molar-refractivity contribution in [1.29, 1.82) is 0 Å². The highest BCUT2D eigenvalue weighted by atomic mass is 16.5. The standard InChI is InChI=1S/C13H22N4O/c1-3-4-11-12(14)15-9-16-13(11)18-8-7-17(2)10-5-6-10/h9-10H,3-8H2,1-2H3,(H2,14,15,16). The molecule has 1 aliphatic rings. The highest BCUT2D eigenvalue weighted by Crippen LogP contribution is 2.25. The lowest BCUT2D eigenvalue weighted by molar-refractivity contribution is 0.225. The molecule has 1 aliphatic carbocycles. The third-order valence-electron chi connectivity index (χ3n) is 3.29. The summed E-state index contributed by atoms with van der Waals surface area (Å²) in [5.41, 5.74) is 6.79. The summed E-state index contributed by atoms with van der Waals surface area (Å²) in [5, 5.41) is 0. The van der Waals surface area contributed by atoms with Gasteiger partial charge in [-0.2, -0.15) is 0 Å². The number of nitrogens with two attached hydrogens (primary N) is 1. The van der Waals surface area contributed by atoms with Crippen LogP contribution in [-0.2, 0) is 6.42 Å². The fraction of sp³-hybridized carbons (Fsp3) is 0.692. The van der Waals surface area contributed by atoms with Gasteiger partial charge in [0.15, 0.2) is 0 Å². The molecule has 1 aromatic rings. The summed E-state index contributed by atoms with van der Waals surface area (Å²) in [6.45, 7) is 3.69. The van der Waals surface area contributed by atoms with E-state index in [1.54, 1.807) is 0 Å². The first-order chi connectivity index (χ1) is 8.72. The molecule has 100 valence electrons. The fourth-order valence-electron chi connectivity index (χ4n) is 2.00. The predicted molar refractivity (Wildman–Crippen MR) is 71.6 cm³/mol. The second-order valence-electron chi connectivity index (χ2n) is 4.85. The van der Waals surface area contributed by atoms with Crippen LogP contribution in [0.5, 0.6) is 5.88 Å². The summed E-state index contributed by atoms with van der Waals surface area (Å²) in [7, 11) is 2.14. The van der Waals surface area contributed by atoms with Crippen molar-refractivity contribution in [2.75, 3.05) is 25.9 Å². The average molecular weight is 250 g/mol. The van der Waals surface area contributed by atoms with Gasteiger partial charge in [0.1, 0.15) is 18.8 Å². The molecule has 0 radical (unpaired) electrons. The van der Waals surface area contributed by atoms with Crippen LogP contribution in [0.25, 0.3) is 0 Å². The number of likely N-dealkylation sites (N-methyl/N-ethyl adjacent to an activating group) is 1. The third-order valence-corrected chi connectivity index (χ3v) is 3.29. The normalized spacial score (nSPS) is 15.1. The van der Waals surface area contributed by atoms with Crippen molar-refractivity contribution < 1.29 is 4.74 Å². The van der Waals surface area contributed by atoms with Gasteiger partial charge in [0.2, 0.25) is 5.88 Å². The van der Waals surface area contributed by atoms with E-state index in [1.807, 2.05) is 0 Å². The van der Waals surface area contributed by atoms with E-state index in [9.17, 15) is 0 Å². The molecule has 0 unspecified atom stereocenters. The summed E-state index contributed by atoms with van der Waals surface area (Å²) in [4.78, 5) is 10.5. The van der Waals surface area contributed by atoms with Crippen molar-refractivity contribution in [1.82, 2.24) is 14.9 Å². The van der Waals surface area contributed by atoms with E-state index in [1.165, 1.54) is 19.2 Å². The Morgan fingerprint density at radius 1 is 1.44 bits per heavy atom. The molecular formula is C13H22N4O. The molecule has 1 heterocycles. The van der Waals surface area contributed by atoms with Gasteiger partial charge in [0.05, 0.1) is 5.56 Å². The number of nitrogens with zero attached hydrogens (tertiary/aromatic N) is 3. The lowest BCUT2D eigenvalue weighted by Gasteiger charge is -2.16. The van der Waals surface area contributed by atoms with Crippen molar-refractivity contribution in [3.05, 3.63) is 11.9 Å². The molecule has 0 aliphatic heterocycles. The first kappa shape index (κ1) is 13.1. The number of nitrogen functional groups attached to an aromatic ring is 1. The Morgan fingerprint density at radius 2 is 2.22 bits per heavy atom. The Balaban J connectivity index is 1.89. The van der Waals surface area contributed by atoms with Gasteiger partial charge in [-0.1, -0.05) is 13.3 Å². The van der Waals surface area contributed by atoms with Crippen molar-refractivity contribution in [2.24, 2.45) is 0 Å². The monoisotopic (exact) mass is 250 g/mol. The molecule has 5 nitrogen and oxygen atoms in total. The minimum atomic E-state index is 0.539. The van der Waals surface area contributed by atoms with Crippen molar-refractivity contribution in [3.8, 4) is 5.88 Å². The summed E-state index contributed by atoms with van der Waals surface area (Å²) in [5.74, 6) is 1.19. The molecule has 0 bridgehead atoms. The van der Waals surface area contributed by atoms with Crippen LogP contribution in [0, 0.1) is 0 Å². The minimum absolute atomic E-state index is 0.539. The zero-order valence-corrected chi connectivity index (χ0v) is 11.2. The summed E-state index contributed by atoms with van der Waals surface area (Å²) >= 11 is 0. The van der Waals surface area contributed by atoms with Crippen LogP contribution in [0.15, 0.2) is 6.33 Å². The van der Waals surface area contributed by atoms with Crippen LogP contribution < -0.4 is 10.5 Å². The van der Waals surface area contributed by atoms with Gasteiger partial charge in [-0.15, -0.1) is 0 Å². The van der Waals surface area contributed by atoms with Crippen LogP contribution in [0.2, 0.25) is 0 Å². The maximum atomic E-state index is 5.86. The third kappa shape index (κ3) is 3.32. The van der Waals surface area contributed by atoms with Crippen molar-refractivity contribution in [2.45, 2.75) is 38.6 Å². The van der Waals surface area contributed by atoms with E-state index < -0.39 is 0 Å². The van der Waals surface area contributed by atoms with Gasteiger partial charge in [-0.05, 0) is 26.3 Å². The van der Waals surface area contributed by atoms with Gasteiger partial charge >= 0.3 is 0 Å². The Bertz CT molecular complexity index is 393. The molecule has 0 amide bonds. The lowest BCUT2D eigenvalue weighted by atomic mass is 10.2. The Kier molecular flexibility index (Phi) is 4.36. The van der Waals surface area contributed by atoms with Gasteiger partial charge in [-0.3, -0.25) is 0 Å². The Labute approximate surface area is 108 Å². The molecule has 2 rings (SSSR count). The first-order valence-corrected chi connectivity index (χ1v) is 6.64. The molecule has 18 heavy (non-hydrogen) atoms. The topological polar surface area (TPSA) is 64.3 Å². The number of hydrogen-bond acceptors (Lipinski definition) is 5. The number of ether oxygens (including phenoxy) is 1. The van der Waals surface area contributed by atoms with E-state index >= 15 is 0 Å². The van der Waals surface area contributed by atoms with Crippen LogP contribution in [0.4, 0.5) is 5.82 Å². The molecule has 0 atom stereocenters. The minimum Gasteiger partial charge on any atom is -0.476 e. The molecule has 1 saturated carbocycles. The zero-order chi connectivity index (χ0) is 13.0. The van der Waals surface area contributed by atoms with Gasteiger partial charge in [-0.25, -0.2) is 9.97 Å². The highest BCUT2D eigenvalue weighted by Gasteiger charge is 2.25. The van der Waals surface area contributed by atoms with E-state index in [-0.39, 0.29) is 0 Å². The fourth-order valence-corrected chi connectivity index (χ4v) is 2.00. The quantitative estimate of drug-likeness (QED) is 0.794. The van der Waals surface area contributed by atoms with E-state index in [0.29, 0.717) is 18.3 Å². The lowest BCUT2D eigenvalue weighted by Crippen LogP contribution is -2.26. The van der Waals surface area contributed by atoms with Gasteiger partial charge in [0, 0.05) is 12.6 Å². The Hall–Kier alpha value is -1.36. The maximum Gasteiger partial charge on any atom is 0.221 e. The second kappa shape index (κ2) is 6.00. The number of hydrogen-bond donors (Lipinski definition) is 1. The average Bonchev–Trinajstić information content (AvgIpc) is 3.17. The molecular weight excluding hydrogens is 228 g/mol. The number of aromatic nitrogens is 2. The van der Waals surface area contributed by atoms with Crippen molar-refractivity contribution >= 4 is 5.82 Å². The van der Waals surface area contributed by atoms with E-state index in [4.69, 9.17) is 10.5 Å². The first-order valence-electron chi connectivity index (χ1n) is 6.64. The smallest absolute Gasteiger partial charge is 0.221 e. The largest absolute Gasteiger partial charge is 0.476 e. The van der Waals surface area contributed by atoms with Crippen LogP contribution >= 0.6 is 0 Å². The Morgan fingerprint density at radius 3 is 2.89 bits per heavy atom. The number of anilines is 1. The molecule has 0 spiro atoms. The second-order valence-corrected chi connectivity index (χ2v) is 4.85. The summed E-state index contributed by atoms with van der Waals surface area (Å²) in [6.07, 6.45) is 5.97. The SMILES string of the molecule is CCCc1c(N)ncnc1OCCN(C)C1CC1. The van der Waals surface area contributed by atoms with Crippen molar-refractivity contribution in [3.63, 3.8) is 0 Å². The van der Waals surface area contributed by atoms with E-state index in [2.05, 4.69) is 28.8 Å².